The van der Waals surface area contributed by atoms with Crippen LogP contribution in [0.4, 0.5) is 0 Å². The zero-order valence-corrected chi connectivity index (χ0v) is 25.1. The molecule has 0 spiro atoms. The van der Waals surface area contributed by atoms with Crippen LogP contribution in [0.15, 0.2) is 61.6 Å². The van der Waals surface area contributed by atoms with Crippen molar-refractivity contribution in [3.8, 4) is 0 Å². The maximum atomic E-state index is 4.30. The third-order valence-electron chi connectivity index (χ3n) is 10.1. The van der Waals surface area contributed by atoms with E-state index < -0.39 is 0 Å². The number of pyridine rings is 2. The van der Waals surface area contributed by atoms with Gasteiger partial charge in [-0.3, -0.25) is 9.97 Å². The number of hydrogen-bond donors (Lipinski definition) is 0. The van der Waals surface area contributed by atoms with Crippen molar-refractivity contribution in [2.45, 2.75) is 118 Å². The van der Waals surface area contributed by atoms with Crippen LogP contribution >= 0.6 is 0 Å². The van der Waals surface area contributed by atoms with Gasteiger partial charge in [0.15, 0.2) is 0 Å². The van der Waals surface area contributed by atoms with Gasteiger partial charge in [0, 0.05) is 47.7 Å². The Morgan fingerprint density at radius 2 is 0.810 bits per heavy atom. The third kappa shape index (κ3) is 5.86. The minimum atomic E-state index is 0. The van der Waals surface area contributed by atoms with Crippen molar-refractivity contribution < 1.29 is 0 Å². The van der Waals surface area contributed by atoms with Crippen molar-refractivity contribution in [3.05, 3.63) is 106 Å². The molecule has 4 aromatic rings. The van der Waals surface area contributed by atoms with E-state index >= 15 is 0 Å². The minimum Gasteiger partial charge on any atom is -0.261 e. The molecule has 4 aromatic heterocycles. The molecule has 0 N–H and O–H groups in total. The van der Waals surface area contributed by atoms with E-state index in [-0.39, 0.29) is 14.9 Å². The van der Waals surface area contributed by atoms with Crippen molar-refractivity contribution in [2.75, 3.05) is 0 Å². The summed E-state index contributed by atoms with van der Waals surface area (Å²) in [4.78, 5) is 16.7. The molecule has 224 valence electrons. The second-order valence-electron chi connectivity index (χ2n) is 12.0. The van der Waals surface area contributed by atoms with Crippen molar-refractivity contribution >= 4 is 0 Å². The Balaban J connectivity index is 0.000000151. The molecule has 8 rings (SSSR count). The molecule has 0 radical (unpaired) electrons. The van der Waals surface area contributed by atoms with Gasteiger partial charge in [-0.2, -0.15) is 10.2 Å². The molecule has 8 unspecified atom stereocenters. The van der Waals surface area contributed by atoms with Crippen molar-refractivity contribution in [1.29, 1.82) is 0 Å². The Labute approximate surface area is 253 Å². The van der Waals surface area contributed by atoms with Gasteiger partial charge in [-0.15, -0.1) is 0 Å². The molecular weight excluding hydrogens is 516 g/mol. The topological polar surface area (TPSA) is 77.3 Å². The summed E-state index contributed by atoms with van der Waals surface area (Å²) in [6.07, 6.45) is 11.1. The highest BCUT2D eigenvalue weighted by atomic mass is 15.1. The van der Waals surface area contributed by atoms with Crippen LogP contribution in [0.2, 0.25) is 0 Å². The lowest BCUT2D eigenvalue weighted by Crippen LogP contribution is -2.21. The summed E-state index contributed by atoms with van der Waals surface area (Å²) in [5.41, 5.74) is 10.8. The smallest absolute Gasteiger partial charge is 0.115 e. The van der Waals surface area contributed by atoms with Crippen LogP contribution in [0.3, 0.4) is 0 Å². The fourth-order valence-electron chi connectivity index (χ4n) is 6.25. The van der Waals surface area contributed by atoms with E-state index in [1.54, 1.807) is 6.33 Å². The number of aromatic nitrogens is 6. The Hall–Kier alpha value is -3.54. The molecule has 0 fully saturated rings. The molecule has 0 aliphatic heterocycles. The first kappa shape index (κ1) is 33.0. The Morgan fingerprint density at radius 1 is 0.429 bits per heavy atom. The lowest BCUT2D eigenvalue weighted by Gasteiger charge is -2.33. The average Bonchev–Trinajstić information content (AvgIpc) is 3.03. The average molecular weight is 567 g/mol. The van der Waals surface area contributed by atoms with Crippen LogP contribution in [0.25, 0.3) is 0 Å². The molecular formula is C36H50N6. The van der Waals surface area contributed by atoms with E-state index in [2.05, 4.69) is 97.7 Å². The van der Waals surface area contributed by atoms with Gasteiger partial charge in [0.1, 0.15) is 6.33 Å². The summed E-state index contributed by atoms with van der Waals surface area (Å²) in [5.74, 6) is 5.48. The van der Waals surface area contributed by atoms with Crippen molar-refractivity contribution in [3.63, 3.8) is 0 Å². The van der Waals surface area contributed by atoms with Crippen LogP contribution in [0, 0.1) is 0 Å². The van der Waals surface area contributed by atoms with Gasteiger partial charge in [-0.05, 0) is 69.5 Å². The first-order valence-corrected chi connectivity index (χ1v) is 14.7. The maximum absolute atomic E-state index is 4.30. The second kappa shape index (κ2) is 13.6. The first-order valence-electron chi connectivity index (χ1n) is 14.7. The van der Waals surface area contributed by atoms with Crippen LogP contribution in [0.5, 0.6) is 0 Å². The maximum Gasteiger partial charge on any atom is 0.115 e. The van der Waals surface area contributed by atoms with Crippen molar-refractivity contribution in [2.24, 2.45) is 0 Å². The van der Waals surface area contributed by atoms with Gasteiger partial charge in [0.2, 0.25) is 0 Å². The predicted molar refractivity (Wildman–Crippen MR) is 173 cm³/mol. The molecule has 8 atom stereocenters. The van der Waals surface area contributed by atoms with E-state index in [0.29, 0.717) is 35.5 Å². The normalized spacial score (nSPS) is 27.6. The standard InChI is InChI=1S/2C9H11N.2C8H10N2.2CH4/c2*1-6-7(2)9-8(6)4-3-5-10-9;1-5-6(2)8-7(5)3-9-4-10-8;1-5-6(2)8-4-10-9-3-7(5)8;;/h2*3-7H,1-2H3;2*3-6H,1-2H3;2*1H4. The van der Waals surface area contributed by atoms with E-state index in [4.69, 9.17) is 0 Å². The molecule has 4 heterocycles. The molecule has 0 aromatic carbocycles. The fraction of sp³-hybridized carbons (Fsp3) is 0.500. The molecule has 0 amide bonds. The van der Waals surface area contributed by atoms with Gasteiger partial charge < -0.3 is 0 Å². The SMILES string of the molecule is C.C.CC1c2cccnc2C1C.CC1c2cccnc2C1C.CC1c2cncnc2C1C.CC1c2cnncc2C1C. The molecule has 6 heteroatoms. The highest BCUT2D eigenvalue weighted by Gasteiger charge is 2.33. The minimum absolute atomic E-state index is 0. The number of nitrogens with zero attached hydrogens (tertiary/aromatic N) is 6. The van der Waals surface area contributed by atoms with Crippen LogP contribution < -0.4 is 0 Å². The van der Waals surface area contributed by atoms with E-state index in [1.807, 2.05) is 43.1 Å². The summed E-state index contributed by atoms with van der Waals surface area (Å²) in [7, 11) is 0. The molecule has 0 saturated heterocycles. The molecule has 6 nitrogen and oxygen atoms in total. The predicted octanol–water partition coefficient (Wildman–Crippen LogP) is 9.27. The molecule has 4 aliphatic rings. The Kier molecular flexibility index (Phi) is 10.7. The summed E-state index contributed by atoms with van der Waals surface area (Å²) in [6.45, 7) is 17.9. The van der Waals surface area contributed by atoms with Crippen LogP contribution in [-0.2, 0) is 0 Å². The number of hydrogen-bond acceptors (Lipinski definition) is 6. The summed E-state index contributed by atoms with van der Waals surface area (Å²) in [6, 6.07) is 8.38. The molecule has 42 heavy (non-hydrogen) atoms. The van der Waals surface area contributed by atoms with E-state index in [0.717, 1.165) is 11.8 Å². The van der Waals surface area contributed by atoms with E-state index in [1.165, 1.54) is 44.9 Å². The van der Waals surface area contributed by atoms with Gasteiger partial charge in [0.25, 0.3) is 0 Å². The highest BCUT2D eigenvalue weighted by molar-refractivity contribution is 5.40. The molecule has 0 bridgehead atoms. The zero-order valence-electron chi connectivity index (χ0n) is 25.1. The number of fused-ring (bicyclic) bond motifs is 4. The molecule has 0 saturated carbocycles. The van der Waals surface area contributed by atoms with Gasteiger partial charge in [-0.1, -0.05) is 82.4 Å². The van der Waals surface area contributed by atoms with Crippen molar-refractivity contribution in [1.82, 2.24) is 30.1 Å². The lowest BCUT2D eigenvalue weighted by atomic mass is 9.72. The van der Waals surface area contributed by atoms with Crippen LogP contribution in [-0.4, -0.2) is 30.1 Å². The summed E-state index contributed by atoms with van der Waals surface area (Å²) >= 11 is 0. The van der Waals surface area contributed by atoms with Gasteiger partial charge in [-0.25, -0.2) is 9.97 Å². The third-order valence-corrected chi connectivity index (χ3v) is 10.1. The van der Waals surface area contributed by atoms with E-state index in [9.17, 15) is 0 Å². The second-order valence-corrected chi connectivity index (χ2v) is 12.0. The van der Waals surface area contributed by atoms with Crippen LogP contribution in [0.1, 0.15) is 162 Å². The first-order chi connectivity index (χ1) is 19.2. The molecule has 4 aliphatic carbocycles. The Bertz CT molecular complexity index is 1140. The quantitative estimate of drug-likeness (QED) is 0.211. The fourth-order valence-corrected chi connectivity index (χ4v) is 6.25. The van der Waals surface area contributed by atoms with Gasteiger partial charge >= 0.3 is 0 Å². The Morgan fingerprint density at radius 3 is 1.21 bits per heavy atom. The monoisotopic (exact) mass is 566 g/mol. The largest absolute Gasteiger partial charge is 0.261 e. The summed E-state index contributed by atoms with van der Waals surface area (Å²) in [5, 5.41) is 7.66. The highest BCUT2D eigenvalue weighted by Crippen LogP contribution is 2.46. The summed E-state index contributed by atoms with van der Waals surface area (Å²) < 4.78 is 0. The zero-order chi connectivity index (χ0) is 28.6. The van der Waals surface area contributed by atoms with Gasteiger partial charge in [0.05, 0.1) is 18.1 Å². The lowest BCUT2D eigenvalue weighted by molar-refractivity contribution is 0.516. The number of rotatable bonds is 0.